The topological polar surface area (TPSA) is 69.0 Å². The van der Waals surface area contributed by atoms with Crippen LogP contribution in [0.25, 0.3) is 0 Å². The van der Waals surface area contributed by atoms with Crippen molar-refractivity contribution in [3.05, 3.63) is 70.5 Å². The minimum atomic E-state index is -0.0274. The SMILES string of the molecule is Cc1ccccc1CCNC(=O)CSc1nnc(COc2ccccc2Cl)n1C. The second kappa shape index (κ2) is 10.3. The van der Waals surface area contributed by atoms with Crippen molar-refractivity contribution in [2.24, 2.45) is 7.05 Å². The molecule has 1 amide bonds. The third kappa shape index (κ3) is 5.98. The van der Waals surface area contributed by atoms with E-state index in [4.69, 9.17) is 16.3 Å². The molecular formula is C21H23ClN4O2S. The molecule has 2 aromatic carbocycles. The maximum atomic E-state index is 12.1. The summed E-state index contributed by atoms with van der Waals surface area (Å²) in [5.41, 5.74) is 2.48. The molecule has 0 bridgehead atoms. The van der Waals surface area contributed by atoms with Gasteiger partial charge in [-0.2, -0.15) is 0 Å². The summed E-state index contributed by atoms with van der Waals surface area (Å²) in [6.07, 6.45) is 0.816. The van der Waals surface area contributed by atoms with Crippen molar-refractivity contribution in [1.29, 1.82) is 0 Å². The third-order valence-corrected chi connectivity index (χ3v) is 5.76. The zero-order chi connectivity index (χ0) is 20.6. The van der Waals surface area contributed by atoms with E-state index < -0.39 is 0 Å². The van der Waals surface area contributed by atoms with Crippen molar-refractivity contribution in [3.8, 4) is 5.75 Å². The molecule has 152 valence electrons. The Hall–Kier alpha value is -2.51. The highest BCUT2D eigenvalue weighted by molar-refractivity contribution is 7.99. The Bertz CT molecular complexity index is 977. The zero-order valence-electron chi connectivity index (χ0n) is 16.4. The first kappa shape index (κ1) is 21.2. The number of para-hydroxylation sites is 1. The number of carbonyl (C=O) groups is 1. The van der Waals surface area contributed by atoms with Gasteiger partial charge in [0.25, 0.3) is 0 Å². The van der Waals surface area contributed by atoms with Crippen molar-refractivity contribution in [2.45, 2.75) is 25.1 Å². The van der Waals surface area contributed by atoms with Crippen molar-refractivity contribution < 1.29 is 9.53 Å². The van der Waals surface area contributed by atoms with Gasteiger partial charge in [-0.15, -0.1) is 10.2 Å². The molecule has 0 fully saturated rings. The number of hydrogen-bond donors (Lipinski definition) is 1. The molecule has 0 atom stereocenters. The van der Waals surface area contributed by atoms with Gasteiger partial charge in [0.2, 0.25) is 5.91 Å². The highest BCUT2D eigenvalue weighted by atomic mass is 35.5. The lowest BCUT2D eigenvalue weighted by Gasteiger charge is -2.08. The zero-order valence-corrected chi connectivity index (χ0v) is 18.0. The highest BCUT2D eigenvalue weighted by Gasteiger charge is 2.12. The number of hydrogen-bond acceptors (Lipinski definition) is 5. The van der Waals surface area contributed by atoms with E-state index in [9.17, 15) is 4.79 Å². The van der Waals surface area contributed by atoms with Crippen LogP contribution < -0.4 is 10.1 Å². The molecule has 0 aliphatic carbocycles. The van der Waals surface area contributed by atoms with E-state index in [-0.39, 0.29) is 18.3 Å². The number of aryl methyl sites for hydroxylation is 1. The monoisotopic (exact) mass is 430 g/mol. The number of thioether (sulfide) groups is 1. The minimum Gasteiger partial charge on any atom is -0.484 e. The molecule has 0 radical (unpaired) electrons. The Morgan fingerprint density at radius 3 is 2.72 bits per heavy atom. The largest absolute Gasteiger partial charge is 0.484 e. The molecule has 29 heavy (non-hydrogen) atoms. The lowest BCUT2D eigenvalue weighted by Crippen LogP contribution is -2.27. The Labute approximate surface area is 179 Å². The summed E-state index contributed by atoms with van der Waals surface area (Å²) in [6, 6.07) is 15.5. The number of rotatable bonds is 9. The van der Waals surface area contributed by atoms with Gasteiger partial charge < -0.3 is 14.6 Å². The van der Waals surface area contributed by atoms with Crippen LogP contribution >= 0.6 is 23.4 Å². The lowest BCUT2D eigenvalue weighted by atomic mass is 10.1. The van der Waals surface area contributed by atoms with Crippen LogP contribution in [0.5, 0.6) is 5.75 Å². The van der Waals surface area contributed by atoms with E-state index >= 15 is 0 Å². The van der Waals surface area contributed by atoms with Crippen molar-refractivity contribution in [3.63, 3.8) is 0 Å². The fourth-order valence-corrected chi connectivity index (χ4v) is 3.66. The van der Waals surface area contributed by atoms with Gasteiger partial charge in [-0.25, -0.2) is 0 Å². The quantitative estimate of drug-likeness (QED) is 0.523. The molecule has 8 heteroatoms. The van der Waals surface area contributed by atoms with Gasteiger partial charge in [-0.1, -0.05) is 59.8 Å². The van der Waals surface area contributed by atoms with Crippen LogP contribution in [-0.2, 0) is 24.9 Å². The maximum absolute atomic E-state index is 12.1. The Morgan fingerprint density at radius 1 is 1.17 bits per heavy atom. The summed E-state index contributed by atoms with van der Waals surface area (Å²) in [5, 5.41) is 12.4. The number of halogens is 1. The first-order valence-corrected chi connectivity index (χ1v) is 10.6. The molecule has 3 aromatic rings. The van der Waals surface area contributed by atoms with E-state index in [1.807, 2.05) is 35.9 Å². The van der Waals surface area contributed by atoms with Crippen LogP contribution in [0.4, 0.5) is 0 Å². The predicted molar refractivity (Wildman–Crippen MR) is 115 cm³/mol. The number of aromatic nitrogens is 3. The standard InChI is InChI=1S/C21H23ClN4O2S/c1-15-7-3-4-8-16(15)11-12-23-20(27)14-29-21-25-24-19(26(21)2)13-28-18-10-6-5-9-17(18)22/h3-10H,11-14H2,1-2H3,(H,23,27). The molecule has 0 unspecified atom stereocenters. The third-order valence-electron chi connectivity index (χ3n) is 4.43. The second-order valence-electron chi connectivity index (χ2n) is 6.49. The van der Waals surface area contributed by atoms with Crippen molar-refractivity contribution in [2.75, 3.05) is 12.3 Å². The van der Waals surface area contributed by atoms with E-state index in [0.717, 1.165) is 6.42 Å². The van der Waals surface area contributed by atoms with Gasteiger partial charge in [0.1, 0.15) is 12.4 Å². The van der Waals surface area contributed by atoms with Gasteiger partial charge in [-0.05, 0) is 36.6 Å². The average molecular weight is 431 g/mol. The first-order chi connectivity index (χ1) is 14.0. The number of nitrogens with zero attached hydrogens (tertiary/aromatic N) is 3. The summed E-state index contributed by atoms with van der Waals surface area (Å²) < 4.78 is 7.53. The van der Waals surface area contributed by atoms with Gasteiger partial charge in [0, 0.05) is 13.6 Å². The number of nitrogens with one attached hydrogen (secondary N) is 1. The fraction of sp³-hybridized carbons (Fsp3) is 0.286. The average Bonchev–Trinajstić information content (AvgIpc) is 3.07. The molecule has 1 aromatic heterocycles. The highest BCUT2D eigenvalue weighted by Crippen LogP contribution is 2.24. The molecule has 1 heterocycles. The first-order valence-electron chi connectivity index (χ1n) is 9.24. The summed E-state index contributed by atoms with van der Waals surface area (Å²) in [6.45, 7) is 2.94. The minimum absolute atomic E-state index is 0.0274. The number of benzene rings is 2. The molecule has 1 N–H and O–H groups in total. The smallest absolute Gasteiger partial charge is 0.230 e. The van der Waals surface area contributed by atoms with Crippen LogP contribution in [0.3, 0.4) is 0 Å². The molecule has 0 aliphatic heterocycles. The van der Waals surface area contributed by atoms with Crippen LogP contribution in [0.1, 0.15) is 17.0 Å². The Morgan fingerprint density at radius 2 is 1.93 bits per heavy atom. The van der Waals surface area contributed by atoms with Gasteiger partial charge in [0.15, 0.2) is 11.0 Å². The van der Waals surface area contributed by atoms with E-state index in [1.54, 1.807) is 12.1 Å². The van der Waals surface area contributed by atoms with Gasteiger partial charge >= 0.3 is 0 Å². The molecule has 0 spiro atoms. The molecule has 3 rings (SSSR count). The van der Waals surface area contributed by atoms with Crippen LogP contribution in [0.15, 0.2) is 53.7 Å². The second-order valence-corrected chi connectivity index (χ2v) is 7.84. The van der Waals surface area contributed by atoms with Crippen LogP contribution in [0.2, 0.25) is 5.02 Å². The summed E-state index contributed by atoms with van der Waals surface area (Å²) in [4.78, 5) is 12.1. The Kier molecular flexibility index (Phi) is 7.55. The maximum Gasteiger partial charge on any atom is 0.230 e. The van der Waals surface area contributed by atoms with Crippen molar-refractivity contribution in [1.82, 2.24) is 20.1 Å². The Balaban J connectivity index is 1.44. The molecule has 0 saturated carbocycles. The summed E-state index contributed by atoms with van der Waals surface area (Å²) >= 11 is 7.44. The van der Waals surface area contributed by atoms with E-state index in [2.05, 4.69) is 34.6 Å². The fourth-order valence-electron chi connectivity index (χ4n) is 2.71. The molecule has 6 nitrogen and oxygen atoms in total. The van der Waals surface area contributed by atoms with Crippen LogP contribution in [-0.4, -0.2) is 33.0 Å². The normalized spacial score (nSPS) is 10.7. The van der Waals surface area contributed by atoms with Crippen molar-refractivity contribution >= 4 is 29.3 Å². The molecule has 0 saturated heterocycles. The van der Waals surface area contributed by atoms with Gasteiger partial charge in [-0.3, -0.25) is 4.79 Å². The number of amides is 1. The summed E-state index contributed by atoms with van der Waals surface area (Å²) in [7, 11) is 1.85. The number of ether oxygens (including phenoxy) is 1. The van der Waals surface area contributed by atoms with Crippen LogP contribution in [0, 0.1) is 6.92 Å². The molecule has 0 aliphatic rings. The van der Waals surface area contributed by atoms with E-state index in [1.165, 1.54) is 22.9 Å². The summed E-state index contributed by atoms with van der Waals surface area (Å²) in [5.74, 6) is 1.51. The number of carbonyl (C=O) groups excluding carboxylic acids is 1. The van der Waals surface area contributed by atoms with Gasteiger partial charge in [0.05, 0.1) is 10.8 Å². The van der Waals surface area contributed by atoms with E-state index in [0.29, 0.717) is 28.3 Å². The lowest BCUT2D eigenvalue weighted by molar-refractivity contribution is -0.118. The predicted octanol–water partition coefficient (Wildman–Crippen LogP) is 3.81. The molecular weight excluding hydrogens is 408 g/mol.